The molecule has 82 valence electrons. The highest BCUT2D eigenvalue weighted by molar-refractivity contribution is 5.06. The number of halogens is 2. The lowest BCUT2D eigenvalue weighted by Crippen LogP contribution is -2.61. The summed E-state index contributed by atoms with van der Waals surface area (Å²) >= 11 is 0. The molecule has 1 saturated carbocycles. The molecule has 0 aromatic carbocycles. The van der Waals surface area contributed by atoms with Gasteiger partial charge in [-0.3, -0.25) is 0 Å². The third-order valence-corrected chi connectivity index (χ3v) is 3.51. The molecule has 1 aliphatic carbocycles. The number of likely N-dealkylation sites (N-methyl/N-ethyl adjacent to an activating group) is 1. The van der Waals surface area contributed by atoms with Gasteiger partial charge in [0, 0.05) is 37.5 Å². The van der Waals surface area contributed by atoms with Crippen LogP contribution < -0.4 is 11.5 Å². The van der Waals surface area contributed by atoms with Crippen LogP contribution in [0.2, 0.25) is 0 Å². The largest absolute Gasteiger partial charge is 0.327 e. The van der Waals surface area contributed by atoms with E-state index in [1.54, 1.807) is 0 Å². The third-order valence-electron chi connectivity index (χ3n) is 3.51. The van der Waals surface area contributed by atoms with Crippen LogP contribution in [-0.4, -0.2) is 43.0 Å². The van der Waals surface area contributed by atoms with E-state index in [-0.39, 0.29) is 24.4 Å². The van der Waals surface area contributed by atoms with E-state index in [9.17, 15) is 8.78 Å². The van der Waals surface area contributed by atoms with Crippen LogP contribution in [0, 0.1) is 11.8 Å². The molecule has 2 aliphatic rings. The molecule has 1 heterocycles. The van der Waals surface area contributed by atoms with Crippen molar-refractivity contribution in [2.24, 2.45) is 23.3 Å². The van der Waals surface area contributed by atoms with Gasteiger partial charge in [-0.1, -0.05) is 0 Å². The van der Waals surface area contributed by atoms with Gasteiger partial charge in [0.15, 0.2) is 0 Å². The summed E-state index contributed by atoms with van der Waals surface area (Å²) in [4.78, 5) is 2.00. The molecule has 0 aromatic heterocycles. The summed E-state index contributed by atoms with van der Waals surface area (Å²) in [6, 6.07) is -0.519. The van der Waals surface area contributed by atoms with Crippen molar-refractivity contribution < 1.29 is 8.78 Å². The third kappa shape index (κ3) is 1.43. The van der Waals surface area contributed by atoms with E-state index in [4.69, 9.17) is 11.5 Å². The Hall–Kier alpha value is -0.260. The van der Waals surface area contributed by atoms with E-state index in [2.05, 4.69) is 0 Å². The molecule has 2 fully saturated rings. The molecule has 14 heavy (non-hydrogen) atoms. The molecule has 3 nitrogen and oxygen atoms in total. The van der Waals surface area contributed by atoms with Gasteiger partial charge in [0.2, 0.25) is 0 Å². The van der Waals surface area contributed by atoms with Gasteiger partial charge in [-0.2, -0.15) is 0 Å². The first-order valence-electron chi connectivity index (χ1n) is 4.99. The number of nitrogens with two attached hydrogens (primary N) is 2. The standard InChI is InChI=1S/C9H17F2N3/c1-14-3-5(7(13)4-14)8-6(12)2-9(8,10)11/h5-8H,2-4,12-13H2,1H3. The predicted molar refractivity (Wildman–Crippen MR) is 50.0 cm³/mol. The number of hydrogen-bond acceptors (Lipinski definition) is 3. The molecule has 1 aliphatic heterocycles. The van der Waals surface area contributed by atoms with Gasteiger partial charge in [0.25, 0.3) is 5.92 Å². The van der Waals surface area contributed by atoms with Gasteiger partial charge in [0.05, 0.1) is 0 Å². The van der Waals surface area contributed by atoms with Crippen molar-refractivity contribution in [3.8, 4) is 0 Å². The van der Waals surface area contributed by atoms with Crippen LogP contribution in [0.5, 0.6) is 0 Å². The van der Waals surface area contributed by atoms with Crippen LogP contribution in [-0.2, 0) is 0 Å². The summed E-state index contributed by atoms with van der Waals surface area (Å²) < 4.78 is 26.5. The van der Waals surface area contributed by atoms with Crippen LogP contribution in [0.25, 0.3) is 0 Å². The van der Waals surface area contributed by atoms with E-state index < -0.39 is 11.8 Å². The van der Waals surface area contributed by atoms with Crippen molar-refractivity contribution in [2.75, 3.05) is 20.1 Å². The Morgan fingerprint density at radius 3 is 2.21 bits per heavy atom. The number of nitrogens with zero attached hydrogens (tertiary/aromatic N) is 1. The van der Waals surface area contributed by atoms with Crippen molar-refractivity contribution in [1.82, 2.24) is 4.90 Å². The molecule has 0 bridgehead atoms. The molecular formula is C9H17F2N3. The minimum atomic E-state index is -2.59. The SMILES string of the molecule is CN1CC(N)C(C2C(N)CC2(F)F)C1. The van der Waals surface area contributed by atoms with Crippen LogP contribution in [0.4, 0.5) is 8.78 Å². The Kier molecular flexibility index (Phi) is 2.28. The van der Waals surface area contributed by atoms with Gasteiger partial charge in [-0.05, 0) is 13.0 Å². The maximum atomic E-state index is 13.3. The summed E-state index contributed by atoms with van der Waals surface area (Å²) in [5.74, 6) is -3.44. The van der Waals surface area contributed by atoms with Crippen LogP contribution in [0.15, 0.2) is 0 Å². The fourth-order valence-corrected chi connectivity index (χ4v) is 2.81. The first-order chi connectivity index (χ1) is 6.42. The highest BCUT2D eigenvalue weighted by Crippen LogP contribution is 2.48. The topological polar surface area (TPSA) is 55.3 Å². The summed E-state index contributed by atoms with van der Waals surface area (Å²) in [7, 11) is 1.90. The molecule has 4 unspecified atom stereocenters. The average Bonchev–Trinajstić information content (AvgIpc) is 2.28. The first kappa shape index (κ1) is 10.3. The van der Waals surface area contributed by atoms with Crippen LogP contribution in [0.3, 0.4) is 0 Å². The molecule has 1 saturated heterocycles. The van der Waals surface area contributed by atoms with E-state index in [1.807, 2.05) is 11.9 Å². The van der Waals surface area contributed by atoms with Gasteiger partial charge in [-0.15, -0.1) is 0 Å². The molecule has 5 heteroatoms. The van der Waals surface area contributed by atoms with E-state index >= 15 is 0 Å². The second kappa shape index (κ2) is 3.12. The number of likely N-dealkylation sites (tertiary alicyclic amines) is 1. The minimum Gasteiger partial charge on any atom is -0.327 e. The lowest BCUT2D eigenvalue weighted by atomic mass is 9.67. The quantitative estimate of drug-likeness (QED) is 0.626. The Balaban J connectivity index is 2.08. The van der Waals surface area contributed by atoms with Gasteiger partial charge in [-0.25, -0.2) is 8.78 Å². The van der Waals surface area contributed by atoms with E-state index in [0.29, 0.717) is 13.1 Å². The molecule has 0 spiro atoms. The minimum absolute atomic E-state index is 0.140. The number of rotatable bonds is 1. The number of hydrogen-bond donors (Lipinski definition) is 2. The molecule has 0 amide bonds. The molecule has 0 radical (unpaired) electrons. The maximum Gasteiger partial charge on any atom is 0.254 e. The maximum absolute atomic E-state index is 13.3. The summed E-state index contributed by atoms with van der Waals surface area (Å²) in [6.45, 7) is 1.35. The van der Waals surface area contributed by atoms with Crippen molar-refractivity contribution in [3.05, 3.63) is 0 Å². The summed E-state index contributed by atoms with van der Waals surface area (Å²) in [5, 5.41) is 0. The second-order valence-corrected chi connectivity index (χ2v) is 4.70. The van der Waals surface area contributed by atoms with Crippen LogP contribution >= 0.6 is 0 Å². The monoisotopic (exact) mass is 205 g/mol. The van der Waals surface area contributed by atoms with Crippen molar-refractivity contribution in [2.45, 2.75) is 24.4 Å². The smallest absolute Gasteiger partial charge is 0.254 e. The Labute approximate surface area is 82.4 Å². The van der Waals surface area contributed by atoms with Crippen molar-refractivity contribution in [1.29, 1.82) is 0 Å². The lowest BCUT2D eigenvalue weighted by molar-refractivity contribution is -0.166. The van der Waals surface area contributed by atoms with E-state index in [1.165, 1.54) is 0 Å². The average molecular weight is 205 g/mol. The van der Waals surface area contributed by atoms with Crippen LogP contribution in [0.1, 0.15) is 6.42 Å². The zero-order valence-corrected chi connectivity index (χ0v) is 8.29. The molecular weight excluding hydrogens is 188 g/mol. The number of alkyl halides is 2. The zero-order chi connectivity index (χ0) is 10.5. The Morgan fingerprint density at radius 1 is 1.21 bits per heavy atom. The predicted octanol–water partition coefficient (Wildman–Crippen LogP) is -0.142. The normalized spacial score (nSPS) is 47.8. The first-order valence-corrected chi connectivity index (χ1v) is 4.99. The summed E-state index contributed by atoms with van der Waals surface area (Å²) in [6.07, 6.45) is -0.176. The van der Waals surface area contributed by atoms with Gasteiger partial charge in [0.1, 0.15) is 0 Å². The van der Waals surface area contributed by atoms with Crippen molar-refractivity contribution in [3.63, 3.8) is 0 Å². The van der Waals surface area contributed by atoms with Gasteiger partial charge < -0.3 is 16.4 Å². The zero-order valence-electron chi connectivity index (χ0n) is 8.29. The van der Waals surface area contributed by atoms with Crippen molar-refractivity contribution >= 4 is 0 Å². The highest BCUT2D eigenvalue weighted by Gasteiger charge is 2.59. The summed E-state index contributed by atoms with van der Waals surface area (Å²) in [5.41, 5.74) is 11.5. The van der Waals surface area contributed by atoms with Gasteiger partial charge >= 0.3 is 0 Å². The molecule has 0 aromatic rings. The molecule has 4 atom stereocenters. The molecule has 4 N–H and O–H groups in total. The Morgan fingerprint density at radius 2 is 1.86 bits per heavy atom. The lowest BCUT2D eigenvalue weighted by Gasteiger charge is -2.46. The fraction of sp³-hybridized carbons (Fsp3) is 1.00. The molecule has 2 rings (SSSR count). The van der Waals surface area contributed by atoms with E-state index in [0.717, 1.165) is 0 Å². The Bertz CT molecular complexity index is 234. The fourth-order valence-electron chi connectivity index (χ4n) is 2.81. The second-order valence-electron chi connectivity index (χ2n) is 4.70. The highest BCUT2D eigenvalue weighted by atomic mass is 19.3.